The van der Waals surface area contributed by atoms with Crippen molar-refractivity contribution in [1.29, 1.82) is 0 Å². The van der Waals surface area contributed by atoms with Crippen molar-refractivity contribution >= 4 is 35.8 Å². The lowest BCUT2D eigenvalue weighted by Gasteiger charge is -2.18. The van der Waals surface area contributed by atoms with Crippen molar-refractivity contribution in [1.82, 2.24) is 15.5 Å². The molecule has 1 amide bonds. The lowest BCUT2D eigenvalue weighted by atomic mass is 10.2. The molecule has 0 saturated heterocycles. The molecule has 2 rings (SSSR count). The van der Waals surface area contributed by atoms with Gasteiger partial charge in [0.1, 0.15) is 5.82 Å². The average Bonchev–Trinajstić information content (AvgIpc) is 2.61. The molecule has 0 fully saturated rings. The molecular weight excluding hydrogens is 446 g/mol. The highest BCUT2D eigenvalue weighted by Crippen LogP contribution is 2.05. The number of carbonyl (C=O) groups is 1. The number of hydrogen-bond donors (Lipinski definition) is 2. The molecule has 0 aromatic heterocycles. The largest absolute Gasteiger partial charge is 0.354 e. The van der Waals surface area contributed by atoms with Gasteiger partial charge in [-0.3, -0.25) is 4.79 Å². The minimum atomic E-state index is -0.522. The van der Waals surface area contributed by atoms with E-state index < -0.39 is 11.7 Å². The highest BCUT2D eigenvalue weighted by atomic mass is 127. The third-order valence-corrected chi connectivity index (χ3v) is 3.49. The summed E-state index contributed by atoms with van der Waals surface area (Å²) in [6.45, 7) is 1.43. The smallest absolute Gasteiger partial charge is 0.254 e. The molecule has 0 unspecified atom stereocenters. The van der Waals surface area contributed by atoms with E-state index in [-0.39, 0.29) is 29.5 Å². The molecule has 0 aliphatic rings. The molecule has 26 heavy (non-hydrogen) atoms. The van der Waals surface area contributed by atoms with E-state index in [0.717, 1.165) is 11.5 Å². The Morgan fingerprint density at radius 1 is 1.00 bits per heavy atom. The predicted octanol–water partition coefficient (Wildman–Crippen LogP) is 2.88. The number of hydrogen-bond acceptors (Lipinski definition) is 2. The van der Waals surface area contributed by atoms with Gasteiger partial charge in [0.15, 0.2) is 5.96 Å². The zero-order valence-corrected chi connectivity index (χ0v) is 17.2. The number of rotatable bonds is 6. The quantitative estimate of drug-likeness (QED) is 0.296. The van der Waals surface area contributed by atoms with Gasteiger partial charge in [0.2, 0.25) is 0 Å². The van der Waals surface area contributed by atoms with Crippen LogP contribution in [0.2, 0.25) is 0 Å². The molecule has 0 aliphatic heterocycles. The number of aliphatic imine (C=N–C) groups is 1. The van der Waals surface area contributed by atoms with E-state index in [9.17, 15) is 9.18 Å². The van der Waals surface area contributed by atoms with E-state index in [1.165, 1.54) is 12.1 Å². The number of benzene rings is 2. The molecule has 0 radical (unpaired) electrons. The lowest BCUT2D eigenvalue weighted by Crippen LogP contribution is -2.41. The molecule has 0 bridgehead atoms. The van der Waals surface area contributed by atoms with E-state index in [2.05, 4.69) is 15.6 Å². The molecule has 2 N–H and O–H groups in total. The van der Waals surface area contributed by atoms with Crippen LogP contribution < -0.4 is 10.6 Å². The average molecular weight is 470 g/mol. The molecule has 0 atom stereocenters. The Balaban J connectivity index is 0.00000338. The monoisotopic (exact) mass is 470 g/mol. The predicted molar refractivity (Wildman–Crippen MR) is 113 cm³/mol. The van der Waals surface area contributed by atoms with Gasteiger partial charge in [0.25, 0.3) is 5.91 Å². The summed E-state index contributed by atoms with van der Waals surface area (Å²) >= 11 is 0. The van der Waals surface area contributed by atoms with Crippen LogP contribution in [-0.4, -0.2) is 44.0 Å². The van der Waals surface area contributed by atoms with Crippen LogP contribution in [0.3, 0.4) is 0 Å². The second-order valence-electron chi connectivity index (χ2n) is 5.68. The fraction of sp³-hybridized carbons (Fsp3) is 0.263. The van der Waals surface area contributed by atoms with Gasteiger partial charge in [0, 0.05) is 27.2 Å². The Morgan fingerprint density at radius 2 is 1.62 bits per heavy atom. The summed E-state index contributed by atoms with van der Waals surface area (Å²) < 4.78 is 13.5. The summed E-state index contributed by atoms with van der Waals surface area (Å²) in [5, 5.41) is 5.87. The second kappa shape index (κ2) is 11.5. The van der Waals surface area contributed by atoms with Gasteiger partial charge in [-0.05, 0) is 17.7 Å². The highest BCUT2D eigenvalue weighted by Gasteiger charge is 2.09. The first-order chi connectivity index (χ1) is 12.1. The Bertz CT molecular complexity index is 722. The maximum Gasteiger partial charge on any atom is 0.254 e. The van der Waals surface area contributed by atoms with Crippen LogP contribution in [0.4, 0.5) is 4.39 Å². The summed E-state index contributed by atoms with van der Waals surface area (Å²) in [6, 6.07) is 15.9. The van der Waals surface area contributed by atoms with Crippen LogP contribution in [0.15, 0.2) is 59.6 Å². The molecule has 2 aromatic rings. The van der Waals surface area contributed by atoms with Crippen LogP contribution in [0.1, 0.15) is 15.9 Å². The van der Waals surface area contributed by atoms with Crippen LogP contribution in [0, 0.1) is 5.82 Å². The van der Waals surface area contributed by atoms with Gasteiger partial charge in [-0.2, -0.15) is 0 Å². The van der Waals surface area contributed by atoms with Crippen molar-refractivity contribution in [3.05, 3.63) is 71.5 Å². The van der Waals surface area contributed by atoms with E-state index in [4.69, 9.17) is 0 Å². The number of nitrogens with zero attached hydrogens (tertiary/aromatic N) is 2. The number of amides is 1. The van der Waals surface area contributed by atoms with Gasteiger partial charge in [-0.15, -0.1) is 24.0 Å². The summed E-state index contributed by atoms with van der Waals surface area (Å²) in [4.78, 5) is 18.4. The molecule has 2 aromatic carbocycles. The van der Waals surface area contributed by atoms with Crippen LogP contribution in [0.25, 0.3) is 0 Å². The summed E-state index contributed by atoms with van der Waals surface area (Å²) in [5.74, 6) is -0.220. The minimum absolute atomic E-state index is 0. The molecule has 7 heteroatoms. The number of nitrogens with one attached hydrogen (secondary N) is 2. The summed E-state index contributed by atoms with van der Waals surface area (Å²) in [5.41, 5.74) is 1.17. The number of guanidine groups is 1. The molecule has 0 saturated carbocycles. The van der Waals surface area contributed by atoms with E-state index >= 15 is 0 Å². The SMILES string of the molecule is CN(C)C(=NCc1ccccc1)NCCNC(=O)c1ccccc1F.I. The van der Waals surface area contributed by atoms with Crippen LogP contribution in [-0.2, 0) is 6.54 Å². The maximum absolute atomic E-state index is 13.5. The van der Waals surface area contributed by atoms with Gasteiger partial charge in [0.05, 0.1) is 12.1 Å². The van der Waals surface area contributed by atoms with Gasteiger partial charge in [-0.1, -0.05) is 42.5 Å². The lowest BCUT2D eigenvalue weighted by molar-refractivity contribution is 0.0950. The maximum atomic E-state index is 13.5. The summed E-state index contributed by atoms with van der Waals surface area (Å²) in [7, 11) is 3.80. The van der Waals surface area contributed by atoms with Crippen molar-refractivity contribution in [3.63, 3.8) is 0 Å². The fourth-order valence-corrected chi connectivity index (χ4v) is 2.20. The van der Waals surface area contributed by atoms with Gasteiger partial charge in [-0.25, -0.2) is 9.38 Å². The number of halogens is 2. The van der Waals surface area contributed by atoms with Gasteiger partial charge >= 0.3 is 0 Å². The Hall–Kier alpha value is -2.16. The molecular formula is C19H24FIN4O. The standard InChI is InChI=1S/C19H23FN4O.HI/c1-24(2)19(23-14-15-8-4-3-5-9-15)22-13-12-21-18(25)16-10-6-7-11-17(16)20;/h3-11H,12-14H2,1-2H3,(H,21,25)(H,22,23);1H. The van der Waals surface area contributed by atoms with E-state index in [1.807, 2.05) is 49.3 Å². The molecule has 0 heterocycles. The summed E-state index contributed by atoms with van der Waals surface area (Å²) in [6.07, 6.45) is 0. The van der Waals surface area contributed by atoms with Crippen molar-refractivity contribution in [3.8, 4) is 0 Å². The third-order valence-electron chi connectivity index (χ3n) is 3.49. The minimum Gasteiger partial charge on any atom is -0.354 e. The molecule has 0 aliphatic carbocycles. The molecule has 5 nitrogen and oxygen atoms in total. The number of carbonyl (C=O) groups excluding carboxylic acids is 1. The van der Waals surface area contributed by atoms with Crippen molar-refractivity contribution in [2.75, 3.05) is 27.2 Å². The third kappa shape index (κ3) is 6.99. The second-order valence-corrected chi connectivity index (χ2v) is 5.68. The topological polar surface area (TPSA) is 56.7 Å². The van der Waals surface area contributed by atoms with Crippen LogP contribution in [0.5, 0.6) is 0 Å². The highest BCUT2D eigenvalue weighted by molar-refractivity contribution is 14.0. The molecule has 140 valence electrons. The normalized spacial score (nSPS) is 10.7. The zero-order valence-electron chi connectivity index (χ0n) is 14.9. The van der Waals surface area contributed by atoms with E-state index in [0.29, 0.717) is 19.6 Å². The van der Waals surface area contributed by atoms with E-state index in [1.54, 1.807) is 12.1 Å². The Labute approximate surface area is 170 Å². The van der Waals surface area contributed by atoms with Gasteiger partial charge < -0.3 is 15.5 Å². The van der Waals surface area contributed by atoms with Crippen molar-refractivity contribution < 1.29 is 9.18 Å². The first kappa shape index (κ1) is 21.9. The molecule has 0 spiro atoms. The first-order valence-corrected chi connectivity index (χ1v) is 8.10. The van der Waals surface area contributed by atoms with Crippen LogP contribution >= 0.6 is 24.0 Å². The van der Waals surface area contributed by atoms with Crippen molar-refractivity contribution in [2.24, 2.45) is 4.99 Å². The zero-order chi connectivity index (χ0) is 18.1. The fourth-order valence-electron chi connectivity index (χ4n) is 2.20. The van der Waals surface area contributed by atoms with Crippen molar-refractivity contribution in [2.45, 2.75) is 6.54 Å². The Kier molecular flexibility index (Phi) is 9.64. The first-order valence-electron chi connectivity index (χ1n) is 8.10. The Morgan fingerprint density at radius 3 is 2.27 bits per heavy atom.